The summed E-state index contributed by atoms with van der Waals surface area (Å²) in [6.45, 7) is 2.25. The van der Waals surface area contributed by atoms with Crippen LogP contribution in [0, 0.1) is 0 Å². The Bertz CT molecular complexity index is 432. The van der Waals surface area contributed by atoms with E-state index in [0.29, 0.717) is 12.2 Å². The molecule has 0 saturated heterocycles. The minimum absolute atomic E-state index is 0. The Morgan fingerprint density at radius 1 is 0.875 bits per heavy atom. The van der Waals surface area contributed by atoms with E-state index >= 15 is 0 Å². The third-order valence-electron chi connectivity index (χ3n) is 4.01. The van der Waals surface area contributed by atoms with Crippen molar-refractivity contribution in [3.05, 3.63) is 24.3 Å². The van der Waals surface area contributed by atoms with E-state index in [9.17, 15) is 4.79 Å². The van der Waals surface area contributed by atoms with Gasteiger partial charge in [-0.15, -0.1) is 0 Å². The Hall–Kier alpha value is -0.480. The highest BCUT2D eigenvalue weighted by atomic mass is 79.9. The van der Waals surface area contributed by atoms with Crippen LogP contribution >= 0.6 is 0 Å². The number of hydrogen-bond acceptors (Lipinski definition) is 2. The fraction of sp³-hybridized carbons (Fsp3) is 0.650. The van der Waals surface area contributed by atoms with Gasteiger partial charge in [-0.2, -0.15) is 0 Å². The summed E-state index contributed by atoms with van der Waals surface area (Å²) >= 11 is 0. The van der Waals surface area contributed by atoms with Gasteiger partial charge in [-0.05, 0) is 30.7 Å². The minimum Gasteiger partial charge on any atom is -1.00 e. The van der Waals surface area contributed by atoms with Gasteiger partial charge in [0.25, 0.3) is 0 Å². The molecule has 0 bridgehead atoms. The average Bonchev–Trinajstić information content (AvgIpc) is 2.54. The number of halogens is 1. The molecule has 0 atom stereocenters. The lowest BCUT2D eigenvalue weighted by molar-refractivity contribution is -0.134. The van der Waals surface area contributed by atoms with E-state index in [4.69, 9.17) is 4.74 Å². The summed E-state index contributed by atoms with van der Waals surface area (Å²) in [5.41, 5.74) is 0. The summed E-state index contributed by atoms with van der Waals surface area (Å²) in [7, 11) is 0.248. The van der Waals surface area contributed by atoms with Crippen LogP contribution in [0.1, 0.15) is 71.1 Å². The molecule has 1 aromatic rings. The second-order valence-electron chi connectivity index (χ2n) is 6.34. The highest BCUT2D eigenvalue weighted by molar-refractivity contribution is 7.95. The van der Waals surface area contributed by atoms with Crippen LogP contribution in [0.15, 0.2) is 29.2 Å². The van der Waals surface area contributed by atoms with Crippen LogP contribution < -0.4 is 21.7 Å². The van der Waals surface area contributed by atoms with Crippen LogP contribution in [0.25, 0.3) is 0 Å². The first kappa shape index (κ1) is 23.5. The van der Waals surface area contributed by atoms with Crippen molar-refractivity contribution in [3.63, 3.8) is 0 Å². The first-order chi connectivity index (χ1) is 11.1. The lowest BCUT2D eigenvalue weighted by Crippen LogP contribution is -3.00. The zero-order valence-corrected chi connectivity index (χ0v) is 17.9. The number of unbranched alkanes of at least 4 members (excludes halogenated alkanes) is 8. The number of benzene rings is 1. The smallest absolute Gasteiger partial charge is 0.311 e. The molecule has 0 radical (unpaired) electrons. The SMILES string of the molecule is CCCCCCCCCCCC(=O)Oc1ccc([S+](C)C)cc1.[Br-]. The monoisotopic (exact) mass is 416 g/mol. The molecule has 4 heteroatoms. The van der Waals surface area contributed by atoms with Crippen molar-refractivity contribution in [3.8, 4) is 5.75 Å². The molecule has 0 aromatic heterocycles. The molecule has 0 heterocycles. The van der Waals surface area contributed by atoms with E-state index in [1.165, 1.54) is 49.8 Å². The van der Waals surface area contributed by atoms with Crippen LogP contribution in [0.2, 0.25) is 0 Å². The van der Waals surface area contributed by atoms with Crippen molar-refractivity contribution < 1.29 is 26.5 Å². The first-order valence-corrected chi connectivity index (χ1v) is 11.1. The van der Waals surface area contributed by atoms with Crippen molar-refractivity contribution in [2.24, 2.45) is 0 Å². The van der Waals surface area contributed by atoms with Crippen LogP contribution in [0.3, 0.4) is 0 Å². The lowest BCUT2D eigenvalue weighted by atomic mass is 10.1. The molecule has 0 amide bonds. The zero-order valence-electron chi connectivity index (χ0n) is 15.5. The van der Waals surface area contributed by atoms with Crippen LogP contribution in [-0.2, 0) is 15.7 Å². The Morgan fingerprint density at radius 2 is 1.38 bits per heavy atom. The molecule has 1 aromatic carbocycles. The molecule has 0 spiro atoms. The number of rotatable bonds is 12. The van der Waals surface area contributed by atoms with E-state index in [1.807, 2.05) is 24.3 Å². The van der Waals surface area contributed by atoms with Crippen molar-refractivity contribution in [1.29, 1.82) is 0 Å². The van der Waals surface area contributed by atoms with E-state index in [1.54, 1.807) is 0 Å². The quantitative estimate of drug-likeness (QED) is 0.226. The van der Waals surface area contributed by atoms with Crippen molar-refractivity contribution in [1.82, 2.24) is 0 Å². The highest BCUT2D eigenvalue weighted by Gasteiger charge is 2.09. The van der Waals surface area contributed by atoms with Crippen LogP contribution in [0.5, 0.6) is 5.75 Å². The van der Waals surface area contributed by atoms with Gasteiger partial charge < -0.3 is 21.7 Å². The van der Waals surface area contributed by atoms with Crippen LogP contribution in [0.4, 0.5) is 0 Å². The van der Waals surface area contributed by atoms with E-state index < -0.39 is 0 Å². The van der Waals surface area contributed by atoms with Gasteiger partial charge in [-0.25, -0.2) is 0 Å². The first-order valence-electron chi connectivity index (χ1n) is 9.02. The topological polar surface area (TPSA) is 26.3 Å². The fourth-order valence-corrected chi connectivity index (χ4v) is 3.22. The zero-order chi connectivity index (χ0) is 16.9. The van der Waals surface area contributed by atoms with Crippen molar-refractivity contribution in [2.75, 3.05) is 12.5 Å². The van der Waals surface area contributed by atoms with Gasteiger partial charge >= 0.3 is 5.97 Å². The standard InChI is InChI=1S/C20H33O2S.BrH/c1-4-5-6-7-8-9-10-11-12-13-20(21)22-18-14-16-19(17-15-18)23(2)3;/h14-17H,4-13H2,1-3H3;1H/q+1;/p-1. The molecule has 0 unspecified atom stereocenters. The number of hydrogen-bond donors (Lipinski definition) is 0. The molecule has 2 nitrogen and oxygen atoms in total. The van der Waals surface area contributed by atoms with Gasteiger partial charge in [0.05, 0.1) is 0 Å². The normalized spacial score (nSPS) is 10.5. The molecule has 1 rings (SSSR count). The van der Waals surface area contributed by atoms with Gasteiger partial charge in [0.1, 0.15) is 18.3 Å². The summed E-state index contributed by atoms with van der Waals surface area (Å²) in [5, 5.41) is 0. The fourth-order valence-electron chi connectivity index (χ4n) is 2.54. The third kappa shape index (κ3) is 11.1. The molecule has 138 valence electrons. The Labute approximate surface area is 161 Å². The van der Waals surface area contributed by atoms with Gasteiger partial charge in [0.2, 0.25) is 0 Å². The number of carbonyl (C=O) groups excluding carboxylic acids is 1. The van der Waals surface area contributed by atoms with Crippen molar-refractivity contribution in [2.45, 2.75) is 76.0 Å². The molecule has 0 N–H and O–H groups in total. The third-order valence-corrected chi connectivity index (χ3v) is 5.23. The molecular formula is C20H33BrO2S. The maximum Gasteiger partial charge on any atom is 0.311 e. The molecule has 0 fully saturated rings. The van der Waals surface area contributed by atoms with Gasteiger partial charge in [0, 0.05) is 17.3 Å². The lowest BCUT2D eigenvalue weighted by Gasteiger charge is -2.05. The largest absolute Gasteiger partial charge is 1.00 e. The number of esters is 1. The molecule has 0 saturated carbocycles. The van der Waals surface area contributed by atoms with Gasteiger partial charge in [-0.3, -0.25) is 4.79 Å². The molecule has 0 aliphatic heterocycles. The van der Waals surface area contributed by atoms with E-state index in [0.717, 1.165) is 12.8 Å². The molecular weight excluding hydrogens is 384 g/mol. The summed E-state index contributed by atoms with van der Waals surface area (Å²) < 4.78 is 5.39. The number of ether oxygens (including phenoxy) is 1. The van der Waals surface area contributed by atoms with Crippen LogP contribution in [-0.4, -0.2) is 18.5 Å². The second-order valence-corrected chi connectivity index (χ2v) is 8.44. The average molecular weight is 417 g/mol. The summed E-state index contributed by atoms with van der Waals surface area (Å²) in [4.78, 5) is 13.1. The Kier molecular flexibility index (Phi) is 14.5. The van der Waals surface area contributed by atoms with E-state index in [2.05, 4.69) is 19.4 Å². The summed E-state index contributed by atoms with van der Waals surface area (Å²) in [5.74, 6) is 0.563. The molecule has 24 heavy (non-hydrogen) atoms. The van der Waals surface area contributed by atoms with Gasteiger partial charge in [-0.1, -0.05) is 58.3 Å². The Balaban J connectivity index is 0.00000529. The maximum absolute atomic E-state index is 11.8. The predicted molar refractivity (Wildman–Crippen MR) is 101 cm³/mol. The minimum atomic E-state index is -0.104. The summed E-state index contributed by atoms with van der Waals surface area (Å²) in [6, 6.07) is 7.89. The number of carbonyl (C=O) groups is 1. The second kappa shape index (κ2) is 14.8. The van der Waals surface area contributed by atoms with Gasteiger partial charge in [0.15, 0.2) is 4.90 Å². The van der Waals surface area contributed by atoms with Crippen molar-refractivity contribution >= 4 is 16.9 Å². The van der Waals surface area contributed by atoms with E-state index in [-0.39, 0.29) is 33.8 Å². The summed E-state index contributed by atoms with van der Waals surface area (Å²) in [6.07, 6.45) is 16.3. The predicted octanol–water partition coefficient (Wildman–Crippen LogP) is 2.75. The maximum atomic E-state index is 11.8. The Morgan fingerprint density at radius 3 is 1.88 bits per heavy atom. The highest BCUT2D eigenvalue weighted by Crippen LogP contribution is 2.17. The molecule has 0 aliphatic carbocycles. The molecule has 0 aliphatic rings.